The van der Waals surface area contributed by atoms with E-state index in [1.165, 1.54) is 4.88 Å². The highest BCUT2D eigenvalue weighted by Crippen LogP contribution is 2.33. The molecule has 4 nitrogen and oxygen atoms in total. The van der Waals surface area contributed by atoms with E-state index in [0.717, 1.165) is 45.0 Å². The molecule has 2 heterocycles. The average Bonchev–Trinajstić information content (AvgIpc) is 3.00. The Morgan fingerprint density at radius 1 is 1.35 bits per heavy atom. The molecular weight excluding hydrogens is 308 g/mol. The number of ketones is 1. The lowest BCUT2D eigenvalue weighted by atomic mass is 9.79. The normalized spacial score (nSPS) is 23.4. The van der Waals surface area contributed by atoms with Gasteiger partial charge in [-0.05, 0) is 23.3 Å². The van der Waals surface area contributed by atoms with Gasteiger partial charge in [0.05, 0.1) is 19.3 Å². The maximum Gasteiger partial charge on any atom is 0.157 e. The molecule has 126 valence electrons. The number of allylic oxidation sites excluding steroid dienone is 2. The van der Waals surface area contributed by atoms with Crippen molar-refractivity contribution < 1.29 is 9.53 Å². The fraction of sp³-hybridized carbons (Fsp3) is 0.611. The number of rotatable bonds is 5. The lowest BCUT2D eigenvalue weighted by molar-refractivity contribution is -0.117. The topological polar surface area (TPSA) is 41.6 Å². The monoisotopic (exact) mass is 334 g/mol. The Morgan fingerprint density at radius 2 is 2.13 bits per heavy atom. The molecule has 0 bridgehead atoms. The van der Waals surface area contributed by atoms with Crippen LogP contribution < -0.4 is 5.32 Å². The van der Waals surface area contributed by atoms with Crippen LogP contribution >= 0.6 is 11.3 Å². The summed E-state index contributed by atoms with van der Waals surface area (Å²) in [6.45, 7) is 8.71. The quantitative estimate of drug-likeness (QED) is 0.899. The summed E-state index contributed by atoms with van der Waals surface area (Å²) in [5, 5.41) is 5.69. The highest BCUT2D eigenvalue weighted by atomic mass is 32.1. The van der Waals surface area contributed by atoms with Crippen molar-refractivity contribution in [3.63, 3.8) is 0 Å². The molecule has 0 aromatic carbocycles. The molecule has 1 fully saturated rings. The van der Waals surface area contributed by atoms with Gasteiger partial charge in [0.25, 0.3) is 0 Å². The molecule has 0 amide bonds. The fourth-order valence-electron chi connectivity index (χ4n) is 3.47. The highest BCUT2D eigenvalue weighted by Gasteiger charge is 2.29. The Bertz CT molecular complexity index is 560. The minimum absolute atomic E-state index is 0.0611. The Morgan fingerprint density at radius 3 is 2.78 bits per heavy atom. The van der Waals surface area contributed by atoms with Gasteiger partial charge < -0.3 is 10.1 Å². The van der Waals surface area contributed by atoms with Gasteiger partial charge in [0.2, 0.25) is 0 Å². The average molecular weight is 334 g/mol. The summed E-state index contributed by atoms with van der Waals surface area (Å²) >= 11 is 1.80. The van der Waals surface area contributed by atoms with Crippen LogP contribution in [0.3, 0.4) is 0 Å². The maximum atomic E-state index is 11.9. The molecule has 1 aromatic rings. The van der Waals surface area contributed by atoms with Crippen LogP contribution in [0.4, 0.5) is 0 Å². The third kappa shape index (κ3) is 4.43. The van der Waals surface area contributed by atoms with Crippen molar-refractivity contribution in [1.29, 1.82) is 0 Å². The van der Waals surface area contributed by atoms with E-state index in [4.69, 9.17) is 4.74 Å². The van der Waals surface area contributed by atoms with E-state index in [-0.39, 0.29) is 11.2 Å². The van der Waals surface area contributed by atoms with E-state index in [2.05, 4.69) is 41.6 Å². The van der Waals surface area contributed by atoms with Crippen LogP contribution in [0.15, 0.2) is 29.3 Å². The molecule has 1 N–H and O–H groups in total. The number of morpholine rings is 1. The van der Waals surface area contributed by atoms with E-state index in [1.54, 1.807) is 17.4 Å². The predicted octanol–water partition coefficient (Wildman–Crippen LogP) is 2.98. The minimum atomic E-state index is 0.0611. The first-order valence-corrected chi connectivity index (χ1v) is 9.24. The molecule has 1 aliphatic heterocycles. The van der Waals surface area contributed by atoms with Crippen LogP contribution in [0.5, 0.6) is 0 Å². The van der Waals surface area contributed by atoms with Gasteiger partial charge in [-0.1, -0.05) is 19.9 Å². The number of nitrogens with zero attached hydrogens (tertiary/aromatic N) is 1. The Labute approximate surface area is 142 Å². The number of carbonyl (C=O) groups is 1. The molecule has 3 rings (SSSR count). The Hall–Kier alpha value is -1.17. The maximum absolute atomic E-state index is 11.9. The van der Waals surface area contributed by atoms with Gasteiger partial charge in [-0.15, -0.1) is 11.3 Å². The zero-order valence-corrected chi connectivity index (χ0v) is 14.8. The Kier molecular flexibility index (Phi) is 5.19. The van der Waals surface area contributed by atoms with Crippen molar-refractivity contribution in [2.75, 3.05) is 32.8 Å². The van der Waals surface area contributed by atoms with Crippen LogP contribution in [0.1, 0.15) is 37.6 Å². The molecule has 0 saturated carbocycles. The summed E-state index contributed by atoms with van der Waals surface area (Å²) in [6.07, 6.45) is 3.39. The van der Waals surface area contributed by atoms with E-state index in [9.17, 15) is 4.79 Å². The first kappa shape index (κ1) is 16.7. The number of nitrogens with one attached hydrogen (secondary N) is 1. The van der Waals surface area contributed by atoms with Crippen molar-refractivity contribution in [3.05, 3.63) is 34.2 Å². The predicted molar refractivity (Wildman–Crippen MR) is 93.6 cm³/mol. The van der Waals surface area contributed by atoms with E-state index >= 15 is 0 Å². The molecule has 23 heavy (non-hydrogen) atoms. The van der Waals surface area contributed by atoms with Gasteiger partial charge in [0.15, 0.2) is 5.78 Å². The second-order valence-electron chi connectivity index (χ2n) is 7.21. The molecule has 0 spiro atoms. The number of hydrogen-bond acceptors (Lipinski definition) is 5. The van der Waals surface area contributed by atoms with E-state index < -0.39 is 0 Å². The second kappa shape index (κ2) is 7.16. The fourth-order valence-corrected chi connectivity index (χ4v) is 4.33. The van der Waals surface area contributed by atoms with Gasteiger partial charge in [0.1, 0.15) is 0 Å². The third-order valence-electron chi connectivity index (χ3n) is 4.54. The lowest BCUT2D eigenvalue weighted by Gasteiger charge is -2.35. The molecule has 1 saturated heterocycles. The molecule has 2 aliphatic rings. The second-order valence-corrected chi connectivity index (χ2v) is 8.19. The minimum Gasteiger partial charge on any atom is -0.386 e. The Balaban J connectivity index is 1.68. The van der Waals surface area contributed by atoms with Gasteiger partial charge in [-0.2, -0.15) is 0 Å². The molecule has 1 aromatic heterocycles. The molecule has 1 atom stereocenters. The first-order chi connectivity index (χ1) is 11.0. The van der Waals surface area contributed by atoms with E-state index in [0.29, 0.717) is 12.5 Å². The van der Waals surface area contributed by atoms with Crippen molar-refractivity contribution in [2.45, 2.75) is 32.7 Å². The smallest absolute Gasteiger partial charge is 0.157 e. The summed E-state index contributed by atoms with van der Waals surface area (Å²) in [5.41, 5.74) is 1.15. The summed E-state index contributed by atoms with van der Waals surface area (Å²) in [6, 6.07) is 4.66. The highest BCUT2D eigenvalue weighted by molar-refractivity contribution is 7.10. The number of carbonyl (C=O) groups excluding carboxylic acids is 1. The largest absolute Gasteiger partial charge is 0.386 e. The SMILES string of the molecule is CC1(C)CC(=O)C=C(NC[C@@H](c2cccs2)N2CCOCC2)C1. The number of ether oxygens (including phenoxy) is 1. The summed E-state index contributed by atoms with van der Waals surface area (Å²) in [5.74, 6) is 0.239. The summed E-state index contributed by atoms with van der Waals surface area (Å²) in [4.78, 5) is 15.8. The van der Waals surface area contributed by atoms with E-state index in [1.807, 2.05) is 0 Å². The van der Waals surface area contributed by atoms with Crippen LogP contribution in [0.25, 0.3) is 0 Å². The van der Waals surface area contributed by atoms with Gasteiger partial charge >= 0.3 is 0 Å². The van der Waals surface area contributed by atoms with Crippen molar-refractivity contribution in [2.24, 2.45) is 5.41 Å². The van der Waals surface area contributed by atoms with Crippen molar-refractivity contribution in [1.82, 2.24) is 10.2 Å². The van der Waals surface area contributed by atoms with Gasteiger partial charge in [0, 0.05) is 42.7 Å². The third-order valence-corrected chi connectivity index (χ3v) is 5.51. The number of thiophene rings is 1. The van der Waals surface area contributed by atoms with Crippen LogP contribution in [-0.2, 0) is 9.53 Å². The molecule has 5 heteroatoms. The van der Waals surface area contributed by atoms with Crippen LogP contribution in [-0.4, -0.2) is 43.5 Å². The number of hydrogen-bond donors (Lipinski definition) is 1. The zero-order chi connectivity index (χ0) is 16.3. The van der Waals surface area contributed by atoms with Gasteiger partial charge in [-0.25, -0.2) is 0 Å². The van der Waals surface area contributed by atoms with Gasteiger partial charge in [-0.3, -0.25) is 9.69 Å². The molecule has 1 aliphatic carbocycles. The first-order valence-electron chi connectivity index (χ1n) is 8.36. The van der Waals surface area contributed by atoms with Crippen LogP contribution in [0, 0.1) is 5.41 Å². The van der Waals surface area contributed by atoms with Crippen molar-refractivity contribution >= 4 is 17.1 Å². The van der Waals surface area contributed by atoms with Crippen molar-refractivity contribution in [3.8, 4) is 0 Å². The zero-order valence-electron chi connectivity index (χ0n) is 14.0. The molecular formula is C18H26N2O2S. The summed E-state index contributed by atoms with van der Waals surface area (Å²) < 4.78 is 5.49. The molecule has 0 unspecified atom stereocenters. The van der Waals surface area contributed by atoms with Crippen LogP contribution in [0.2, 0.25) is 0 Å². The lowest BCUT2D eigenvalue weighted by Crippen LogP contribution is -2.43. The summed E-state index contributed by atoms with van der Waals surface area (Å²) in [7, 11) is 0. The standard InChI is InChI=1S/C18H26N2O2S/c1-18(2)11-14(10-15(21)12-18)19-13-16(17-4-3-9-23-17)20-5-7-22-8-6-20/h3-4,9-10,16,19H,5-8,11-13H2,1-2H3/t16-/m0/s1. The molecule has 0 radical (unpaired) electrons.